The average molecular weight is 505 g/mol. The molecule has 5 aromatic heterocycles. The summed E-state index contributed by atoms with van der Waals surface area (Å²) in [7, 11) is 0. The Morgan fingerprint density at radius 3 is 2.71 bits per heavy atom. The van der Waals surface area contributed by atoms with Crippen molar-refractivity contribution in [3.8, 4) is 33.9 Å². The number of anilines is 1. The van der Waals surface area contributed by atoms with Crippen molar-refractivity contribution in [1.29, 1.82) is 0 Å². The maximum absolute atomic E-state index is 13.9. The molecule has 0 saturated heterocycles. The van der Waals surface area contributed by atoms with Crippen LogP contribution in [0.25, 0.3) is 56.0 Å². The number of imidazole rings is 1. The Labute approximate surface area is 215 Å². The number of amides is 1. The maximum atomic E-state index is 13.9. The van der Waals surface area contributed by atoms with E-state index in [0.29, 0.717) is 39.6 Å². The lowest BCUT2D eigenvalue weighted by Gasteiger charge is -2.24. The summed E-state index contributed by atoms with van der Waals surface area (Å²) in [6.07, 6.45) is 9.76. The molecule has 3 N–H and O–H groups in total. The summed E-state index contributed by atoms with van der Waals surface area (Å²) in [5, 5.41) is 11.2. The highest BCUT2D eigenvalue weighted by Gasteiger charge is 2.25. The number of carbonyl (C=O) groups excluding carboxylic acids is 1. The average Bonchev–Trinajstić information content (AvgIpc) is 3.51. The summed E-state index contributed by atoms with van der Waals surface area (Å²) in [4.78, 5) is 33.8. The van der Waals surface area contributed by atoms with Crippen LogP contribution < -0.4 is 5.32 Å². The molecule has 1 aromatic carbocycles. The predicted octanol–water partition coefficient (Wildman–Crippen LogP) is 5.50. The van der Waals surface area contributed by atoms with E-state index in [2.05, 4.69) is 35.5 Å². The van der Waals surface area contributed by atoms with Gasteiger partial charge in [-0.3, -0.25) is 19.9 Å². The number of aromatic amines is 2. The van der Waals surface area contributed by atoms with Crippen LogP contribution >= 0.6 is 0 Å². The van der Waals surface area contributed by atoms with Crippen molar-refractivity contribution < 1.29 is 9.18 Å². The fourth-order valence-electron chi connectivity index (χ4n) is 4.72. The van der Waals surface area contributed by atoms with Crippen LogP contribution in [0.15, 0.2) is 67.3 Å². The summed E-state index contributed by atoms with van der Waals surface area (Å²) in [5.74, 6) is 0.328. The number of H-pyrrole nitrogens is 2. The van der Waals surface area contributed by atoms with E-state index in [4.69, 9.17) is 4.98 Å². The fraction of sp³-hybridized carbons (Fsp3) is 0.143. The van der Waals surface area contributed by atoms with Crippen molar-refractivity contribution in [3.05, 3.63) is 73.1 Å². The van der Waals surface area contributed by atoms with E-state index in [-0.39, 0.29) is 17.6 Å². The summed E-state index contributed by atoms with van der Waals surface area (Å²) in [5.41, 5.74) is 6.10. The van der Waals surface area contributed by atoms with Crippen LogP contribution in [-0.2, 0) is 4.79 Å². The second-order valence-corrected chi connectivity index (χ2v) is 9.42. The Balaban J connectivity index is 1.26. The van der Waals surface area contributed by atoms with E-state index < -0.39 is 0 Å². The third kappa shape index (κ3) is 3.86. The first kappa shape index (κ1) is 22.2. The summed E-state index contributed by atoms with van der Waals surface area (Å²) < 4.78 is 13.9. The van der Waals surface area contributed by atoms with Crippen molar-refractivity contribution in [1.82, 2.24) is 35.1 Å². The van der Waals surface area contributed by atoms with Gasteiger partial charge in [0.05, 0.1) is 28.5 Å². The highest BCUT2D eigenvalue weighted by molar-refractivity contribution is 5.97. The Morgan fingerprint density at radius 1 is 0.974 bits per heavy atom. The molecular weight excluding hydrogens is 483 g/mol. The number of rotatable bonds is 5. The van der Waals surface area contributed by atoms with Gasteiger partial charge >= 0.3 is 0 Å². The molecule has 1 aliphatic carbocycles. The number of fused-ring (bicyclic) bond motifs is 2. The Hall–Kier alpha value is -4.99. The zero-order valence-electron chi connectivity index (χ0n) is 20.1. The van der Waals surface area contributed by atoms with Gasteiger partial charge in [-0.15, -0.1) is 0 Å². The molecule has 0 radical (unpaired) electrons. The van der Waals surface area contributed by atoms with Crippen molar-refractivity contribution in [2.24, 2.45) is 5.92 Å². The van der Waals surface area contributed by atoms with Gasteiger partial charge in [-0.25, -0.2) is 14.4 Å². The Morgan fingerprint density at radius 2 is 1.87 bits per heavy atom. The number of hydrogen-bond donors (Lipinski definition) is 3. The molecule has 6 aromatic rings. The summed E-state index contributed by atoms with van der Waals surface area (Å²) in [6, 6.07) is 12.0. The van der Waals surface area contributed by atoms with Gasteiger partial charge in [0, 0.05) is 41.2 Å². The first-order chi connectivity index (χ1) is 18.6. The smallest absolute Gasteiger partial charge is 0.227 e. The molecule has 9 nitrogen and oxygen atoms in total. The van der Waals surface area contributed by atoms with E-state index in [9.17, 15) is 9.18 Å². The number of aromatic nitrogens is 7. The van der Waals surface area contributed by atoms with Crippen molar-refractivity contribution in [2.75, 3.05) is 5.32 Å². The van der Waals surface area contributed by atoms with Gasteiger partial charge < -0.3 is 10.3 Å². The van der Waals surface area contributed by atoms with Crippen molar-refractivity contribution >= 4 is 33.7 Å². The van der Waals surface area contributed by atoms with Crippen LogP contribution in [0, 0.1) is 11.7 Å². The lowest BCUT2D eigenvalue weighted by molar-refractivity contribution is -0.122. The van der Waals surface area contributed by atoms with Gasteiger partial charge in [0.2, 0.25) is 5.91 Å². The monoisotopic (exact) mass is 504 g/mol. The lowest BCUT2D eigenvalue weighted by Crippen LogP contribution is -2.28. The molecule has 10 heteroatoms. The topological polar surface area (TPSA) is 125 Å². The van der Waals surface area contributed by atoms with Crippen LogP contribution in [0.3, 0.4) is 0 Å². The molecule has 0 unspecified atom stereocenters. The highest BCUT2D eigenvalue weighted by atomic mass is 19.1. The molecule has 38 heavy (non-hydrogen) atoms. The molecule has 7 rings (SSSR count). The Kier molecular flexibility index (Phi) is 5.17. The number of benzene rings is 1. The standard InChI is InChI=1S/C28H21FN8O/c29-19-6-2-5-16(9-19)23-25-22(7-8-31-23)34-27(35-25)24-21-11-18(13-32-26(21)37-36-24)17-10-20(14-30-12-17)33-28(38)15-3-1-4-15/h2,5-15H,1,3-4H2,(H,33,38)(H,34,35)(H,32,36,37). The van der Waals surface area contributed by atoms with Crippen LogP contribution in [0.1, 0.15) is 19.3 Å². The number of halogens is 1. The zero-order valence-corrected chi connectivity index (χ0v) is 20.1. The zero-order chi connectivity index (χ0) is 25.6. The summed E-state index contributed by atoms with van der Waals surface area (Å²) in [6.45, 7) is 0. The van der Waals surface area contributed by atoms with E-state index in [0.717, 1.165) is 41.3 Å². The van der Waals surface area contributed by atoms with Gasteiger partial charge in [0.15, 0.2) is 11.5 Å². The fourth-order valence-corrected chi connectivity index (χ4v) is 4.72. The van der Waals surface area contributed by atoms with Gasteiger partial charge in [-0.2, -0.15) is 5.10 Å². The number of nitrogens with zero attached hydrogens (tertiary/aromatic N) is 5. The van der Waals surface area contributed by atoms with Crippen molar-refractivity contribution in [2.45, 2.75) is 19.3 Å². The van der Waals surface area contributed by atoms with Gasteiger partial charge in [0.25, 0.3) is 0 Å². The first-order valence-electron chi connectivity index (χ1n) is 12.3. The molecule has 0 atom stereocenters. The highest BCUT2D eigenvalue weighted by Crippen LogP contribution is 2.32. The first-order valence-corrected chi connectivity index (χ1v) is 12.3. The number of hydrogen-bond acceptors (Lipinski definition) is 6. The van der Waals surface area contributed by atoms with E-state index in [1.807, 2.05) is 18.2 Å². The molecule has 1 aliphatic rings. The van der Waals surface area contributed by atoms with Crippen LogP contribution in [-0.4, -0.2) is 41.0 Å². The second-order valence-electron chi connectivity index (χ2n) is 9.42. The molecule has 1 fully saturated rings. The normalized spacial score (nSPS) is 13.6. The molecule has 5 heterocycles. The van der Waals surface area contributed by atoms with Crippen LogP contribution in [0.4, 0.5) is 10.1 Å². The third-order valence-electron chi connectivity index (χ3n) is 6.95. The number of nitrogens with one attached hydrogen (secondary N) is 3. The maximum Gasteiger partial charge on any atom is 0.227 e. The molecule has 0 spiro atoms. The second kappa shape index (κ2) is 8.84. The van der Waals surface area contributed by atoms with E-state index >= 15 is 0 Å². The minimum absolute atomic E-state index is 0.0397. The lowest BCUT2D eigenvalue weighted by atomic mass is 9.85. The van der Waals surface area contributed by atoms with E-state index in [1.54, 1.807) is 36.9 Å². The minimum Gasteiger partial charge on any atom is -0.336 e. The van der Waals surface area contributed by atoms with Crippen molar-refractivity contribution in [3.63, 3.8) is 0 Å². The van der Waals surface area contributed by atoms with Gasteiger partial charge in [0.1, 0.15) is 17.0 Å². The summed E-state index contributed by atoms with van der Waals surface area (Å²) >= 11 is 0. The molecule has 0 aliphatic heterocycles. The Bertz CT molecular complexity index is 1840. The number of carbonyl (C=O) groups is 1. The third-order valence-corrected chi connectivity index (χ3v) is 6.95. The molecule has 1 saturated carbocycles. The molecule has 0 bridgehead atoms. The number of pyridine rings is 3. The quantitative estimate of drug-likeness (QED) is 0.285. The SMILES string of the molecule is O=C(Nc1cncc(-c2cnc3[nH]nc(-c4nc5c(-c6cccc(F)c6)nccc5[nH]4)c3c2)c1)C1CCC1. The van der Waals surface area contributed by atoms with Crippen LogP contribution in [0.2, 0.25) is 0 Å². The largest absolute Gasteiger partial charge is 0.336 e. The van der Waals surface area contributed by atoms with Gasteiger partial charge in [-0.05, 0) is 43.2 Å². The molecule has 1 amide bonds. The molecular formula is C28H21FN8O. The minimum atomic E-state index is -0.338. The van der Waals surface area contributed by atoms with Crippen LogP contribution in [0.5, 0.6) is 0 Å². The molecule has 186 valence electrons. The van der Waals surface area contributed by atoms with E-state index in [1.165, 1.54) is 12.1 Å². The van der Waals surface area contributed by atoms with Gasteiger partial charge in [-0.1, -0.05) is 18.6 Å². The predicted molar refractivity (Wildman–Crippen MR) is 141 cm³/mol.